The lowest BCUT2D eigenvalue weighted by atomic mass is 10.2. The fourth-order valence-corrected chi connectivity index (χ4v) is 2.59. The quantitative estimate of drug-likeness (QED) is 0.661. The zero-order chi connectivity index (χ0) is 14.4. The van der Waals surface area contributed by atoms with Crippen molar-refractivity contribution in [3.8, 4) is 11.4 Å². The van der Waals surface area contributed by atoms with E-state index in [9.17, 15) is 4.39 Å². The number of fused-ring (bicyclic) bond motifs is 1. The van der Waals surface area contributed by atoms with E-state index in [1.165, 1.54) is 6.07 Å². The van der Waals surface area contributed by atoms with Crippen molar-refractivity contribution in [2.24, 2.45) is 0 Å². The second-order valence-corrected chi connectivity index (χ2v) is 5.18. The Labute approximate surface area is 120 Å². The fourth-order valence-electron chi connectivity index (χ4n) is 2.59. The smallest absolute Gasteiger partial charge is 0.224 e. The molecule has 0 N–H and O–H groups in total. The molecule has 1 saturated carbocycles. The van der Waals surface area contributed by atoms with Gasteiger partial charge in [-0.2, -0.15) is 0 Å². The Morgan fingerprint density at radius 3 is 2.86 bits per heavy atom. The lowest BCUT2D eigenvalue weighted by molar-refractivity contribution is 0.635. The van der Waals surface area contributed by atoms with Gasteiger partial charge < -0.3 is 4.57 Å². The molecule has 0 bridgehead atoms. The van der Waals surface area contributed by atoms with Crippen molar-refractivity contribution in [1.29, 1.82) is 0 Å². The second kappa shape index (κ2) is 4.38. The highest BCUT2D eigenvalue weighted by atomic mass is 19.1. The summed E-state index contributed by atoms with van der Waals surface area (Å²) in [6.07, 6.45) is 5.64. The molecule has 1 aromatic carbocycles. The van der Waals surface area contributed by atoms with Crippen LogP contribution >= 0.6 is 0 Å². The number of hydrogen-bond donors (Lipinski definition) is 0. The predicted octanol–water partition coefficient (Wildman–Crippen LogP) is 4.12. The van der Waals surface area contributed by atoms with Gasteiger partial charge in [0.05, 0.1) is 17.6 Å². The molecule has 0 spiro atoms. The van der Waals surface area contributed by atoms with Crippen LogP contribution < -0.4 is 0 Å². The zero-order valence-electron chi connectivity index (χ0n) is 11.1. The van der Waals surface area contributed by atoms with Gasteiger partial charge in [-0.25, -0.2) is 14.2 Å². The van der Waals surface area contributed by atoms with Gasteiger partial charge in [0.25, 0.3) is 0 Å². The zero-order valence-corrected chi connectivity index (χ0v) is 11.1. The van der Waals surface area contributed by atoms with Crippen molar-refractivity contribution >= 4 is 16.7 Å². The summed E-state index contributed by atoms with van der Waals surface area (Å²) in [4.78, 5) is 11.9. The van der Waals surface area contributed by atoms with E-state index in [2.05, 4.69) is 19.4 Å². The molecule has 0 atom stereocenters. The van der Waals surface area contributed by atoms with Crippen molar-refractivity contribution in [3.63, 3.8) is 0 Å². The Morgan fingerprint density at radius 2 is 2.19 bits per heavy atom. The number of benzene rings is 1. The summed E-state index contributed by atoms with van der Waals surface area (Å²) >= 11 is 0. The first-order valence-electron chi connectivity index (χ1n) is 6.77. The first-order valence-corrected chi connectivity index (χ1v) is 6.77. The summed E-state index contributed by atoms with van der Waals surface area (Å²) in [5.41, 5.74) is 2.36. The molecule has 1 fully saturated rings. The van der Waals surface area contributed by atoms with Crippen LogP contribution in [0.2, 0.25) is 0 Å². The largest absolute Gasteiger partial charge is 0.322 e. The third kappa shape index (κ3) is 1.88. The number of rotatable bonds is 2. The second-order valence-electron chi connectivity index (χ2n) is 5.18. The first kappa shape index (κ1) is 12.0. The average Bonchev–Trinajstić information content (AvgIpc) is 3.28. The van der Waals surface area contributed by atoms with Crippen LogP contribution in [0.25, 0.3) is 27.3 Å². The molecule has 2 aromatic heterocycles. The molecule has 102 valence electrons. The molecule has 0 amide bonds. The van der Waals surface area contributed by atoms with Crippen LogP contribution in [0.4, 0.5) is 10.1 Å². The van der Waals surface area contributed by atoms with E-state index in [4.69, 9.17) is 6.57 Å². The molecule has 2 heterocycles. The van der Waals surface area contributed by atoms with Crippen LogP contribution in [0.3, 0.4) is 0 Å². The summed E-state index contributed by atoms with van der Waals surface area (Å²) in [6.45, 7) is 7.07. The molecule has 5 heteroatoms. The first-order chi connectivity index (χ1) is 10.3. The van der Waals surface area contributed by atoms with E-state index in [1.807, 2.05) is 12.1 Å². The average molecular weight is 278 g/mol. The summed E-state index contributed by atoms with van der Waals surface area (Å²) in [5.74, 6) is 0.276. The molecule has 3 aromatic rings. The van der Waals surface area contributed by atoms with E-state index < -0.39 is 5.82 Å². The minimum atomic E-state index is -0.518. The van der Waals surface area contributed by atoms with Gasteiger partial charge in [0.1, 0.15) is 11.6 Å². The number of nitrogens with zero attached hydrogens (tertiary/aromatic N) is 4. The number of halogens is 1. The summed E-state index contributed by atoms with van der Waals surface area (Å²) < 4.78 is 15.9. The highest BCUT2D eigenvalue weighted by Gasteiger charge is 2.29. The van der Waals surface area contributed by atoms with Crippen LogP contribution in [0.5, 0.6) is 0 Å². The molecule has 0 radical (unpaired) electrons. The highest BCUT2D eigenvalue weighted by molar-refractivity contribution is 5.84. The Kier molecular flexibility index (Phi) is 2.51. The Bertz CT molecular complexity index is 873. The highest BCUT2D eigenvalue weighted by Crippen LogP contribution is 2.42. The van der Waals surface area contributed by atoms with E-state index in [0.29, 0.717) is 11.6 Å². The topological polar surface area (TPSA) is 35.1 Å². The minimum Gasteiger partial charge on any atom is -0.322 e. The van der Waals surface area contributed by atoms with Gasteiger partial charge >= 0.3 is 0 Å². The Morgan fingerprint density at radius 1 is 1.33 bits per heavy atom. The molecule has 0 aliphatic heterocycles. The maximum Gasteiger partial charge on any atom is 0.224 e. The van der Waals surface area contributed by atoms with Gasteiger partial charge in [-0.1, -0.05) is 0 Å². The van der Waals surface area contributed by atoms with Crippen LogP contribution in [0.15, 0.2) is 36.7 Å². The van der Waals surface area contributed by atoms with Gasteiger partial charge in [-0.3, -0.25) is 4.98 Å². The van der Waals surface area contributed by atoms with Gasteiger partial charge in [0.15, 0.2) is 0 Å². The number of hydrogen-bond acceptors (Lipinski definition) is 2. The molecule has 1 aliphatic carbocycles. The molecular weight excluding hydrogens is 267 g/mol. The Balaban J connectivity index is 2.03. The van der Waals surface area contributed by atoms with E-state index in [1.54, 1.807) is 18.5 Å². The summed E-state index contributed by atoms with van der Waals surface area (Å²) in [6, 6.07) is 7.13. The minimum absolute atomic E-state index is 0.0436. The maximum atomic E-state index is 13.8. The third-order valence-corrected chi connectivity index (χ3v) is 3.71. The molecule has 4 rings (SSSR count). The molecule has 21 heavy (non-hydrogen) atoms. The van der Waals surface area contributed by atoms with Gasteiger partial charge in [-0.15, -0.1) is 0 Å². The number of pyridine rings is 1. The monoisotopic (exact) mass is 278 g/mol. The standard InChI is InChI=1S/C16H11FN4/c1-18-13-8-15-14(7-12(13)17)20-16(21(15)11-4-5-11)10-3-2-6-19-9-10/h2-3,6-9,11H,4-5H2. The van der Waals surface area contributed by atoms with Crippen molar-refractivity contribution in [3.05, 3.63) is 53.9 Å². The van der Waals surface area contributed by atoms with Crippen LogP contribution in [0, 0.1) is 12.4 Å². The molecule has 4 nitrogen and oxygen atoms in total. The SMILES string of the molecule is [C-]#[N+]c1cc2c(cc1F)nc(-c1cccnc1)n2C1CC1. The molecule has 0 saturated heterocycles. The predicted molar refractivity (Wildman–Crippen MR) is 77.5 cm³/mol. The number of aromatic nitrogens is 3. The van der Waals surface area contributed by atoms with E-state index >= 15 is 0 Å². The molecular formula is C16H11FN4. The van der Waals surface area contributed by atoms with Crippen molar-refractivity contribution in [2.75, 3.05) is 0 Å². The van der Waals surface area contributed by atoms with Crippen molar-refractivity contribution < 1.29 is 4.39 Å². The van der Waals surface area contributed by atoms with E-state index in [0.717, 1.165) is 29.7 Å². The van der Waals surface area contributed by atoms with Crippen molar-refractivity contribution in [2.45, 2.75) is 18.9 Å². The van der Waals surface area contributed by atoms with Crippen LogP contribution in [0.1, 0.15) is 18.9 Å². The molecule has 1 aliphatic rings. The normalized spacial score (nSPS) is 14.3. The summed E-state index contributed by atoms with van der Waals surface area (Å²) in [7, 11) is 0. The number of imidazole rings is 1. The van der Waals surface area contributed by atoms with Gasteiger partial charge in [0, 0.05) is 24.0 Å². The van der Waals surface area contributed by atoms with E-state index in [-0.39, 0.29) is 5.69 Å². The summed E-state index contributed by atoms with van der Waals surface area (Å²) in [5, 5.41) is 0. The van der Waals surface area contributed by atoms with Gasteiger partial charge in [-0.05, 0) is 37.1 Å². The van der Waals surface area contributed by atoms with Crippen LogP contribution in [-0.4, -0.2) is 14.5 Å². The van der Waals surface area contributed by atoms with Crippen molar-refractivity contribution in [1.82, 2.24) is 14.5 Å². The maximum absolute atomic E-state index is 13.8. The molecule has 0 unspecified atom stereocenters. The Hall–Kier alpha value is -2.74. The lowest BCUT2D eigenvalue weighted by Gasteiger charge is -2.07. The fraction of sp³-hybridized carbons (Fsp3) is 0.188. The van der Waals surface area contributed by atoms with Crippen LogP contribution in [-0.2, 0) is 0 Å². The lowest BCUT2D eigenvalue weighted by Crippen LogP contribution is -1.97. The third-order valence-electron chi connectivity index (χ3n) is 3.71. The van der Waals surface area contributed by atoms with Gasteiger partial charge in [0.2, 0.25) is 5.69 Å².